The maximum atomic E-state index is 14.4. The number of alkyl halides is 3. The first-order valence-corrected chi connectivity index (χ1v) is 23.8. The highest BCUT2D eigenvalue weighted by Crippen LogP contribution is 2.46. The average molecular weight is 896 g/mol. The van der Waals surface area contributed by atoms with Crippen molar-refractivity contribution in [3.8, 4) is 0 Å². The smallest absolute Gasteiger partial charge is 0.312 e. The molecule has 0 aliphatic heterocycles. The van der Waals surface area contributed by atoms with Gasteiger partial charge in [0.05, 0.1) is 10.8 Å². The summed E-state index contributed by atoms with van der Waals surface area (Å²) in [6, 6.07) is 46.1. The molecule has 62 heavy (non-hydrogen) atoms. The predicted molar refractivity (Wildman–Crippen MR) is 258 cm³/mol. The first-order valence-electron chi connectivity index (χ1n) is 22.2. The lowest BCUT2D eigenvalue weighted by Crippen LogP contribution is -2.36. The topological polar surface area (TPSA) is 52.6 Å². The van der Waals surface area contributed by atoms with Crippen molar-refractivity contribution in [1.29, 1.82) is 0 Å². The van der Waals surface area contributed by atoms with E-state index in [0.717, 1.165) is 41.5 Å². The lowest BCUT2D eigenvalue weighted by molar-refractivity contribution is -0.165. The van der Waals surface area contributed by atoms with Crippen molar-refractivity contribution in [2.24, 2.45) is 10.8 Å². The van der Waals surface area contributed by atoms with Gasteiger partial charge in [0.1, 0.15) is 13.2 Å². The van der Waals surface area contributed by atoms with Crippen LogP contribution in [-0.4, -0.2) is 25.2 Å². The summed E-state index contributed by atoms with van der Waals surface area (Å²) in [6.07, 6.45) is 3.72. The van der Waals surface area contributed by atoms with Crippen molar-refractivity contribution < 1.29 is 19.1 Å². The van der Waals surface area contributed by atoms with Crippen LogP contribution < -0.4 is 0 Å². The van der Waals surface area contributed by atoms with Crippen LogP contribution in [0, 0.1) is 10.8 Å². The van der Waals surface area contributed by atoms with E-state index in [4.69, 9.17) is 44.3 Å². The molecule has 0 aromatic heterocycles. The third-order valence-electron chi connectivity index (χ3n) is 13.0. The number of rotatable bonds is 23. The molecule has 5 rings (SSSR count). The molecular formula is C55H65Cl3O4. The molecule has 0 N–H and O–H groups in total. The largest absolute Gasteiger partial charge is 0.462 e. The lowest BCUT2D eigenvalue weighted by atomic mass is 9.68. The maximum absolute atomic E-state index is 14.4. The van der Waals surface area contributed by atoms with E-state index in [0.29, 0.717) is 30.5 Å². The van der Waals surface area contributed by atoms with Crippen molar-refractivity contribution in [1.82, 2.24) is 0 Å². The monoisotopic (exact) mass is 894 g/mol. The highest BCUT2D eigenvalue weighted by Gasteiger charge is 2.42. The maximum Gasteiger partial charge on any atom is 0.312 e. The number of esters is 2. The third kappa shape index (κ3) is 13.2. The minimum atomic E-state index is -0.919. The van der Waals surface area contributed by atoms with Gasteiger partial charge in [0.15, 0.2) is 0 Å². The van der Waals surface area contributed by atoms with Gasteiger partial charge in [-0.1, -0.05) is 154 Å². The fourth-order valence-corrected chi connectivity index (χ4v) is 9.61. The Hall–Kier alpha value is -4.09. The van der Waals surface area contributed by atoms with Crippen LogP contribution in [-0.2, 0) is 36.7 Å². The molecule has 330 valence electrons. The van der Waals surface area contributed by atoms with Crippen LogP contribution in [0.15, 0.2) is 133 Å². The van der Waals surface area contributed by atoms with Crippen LogP contribution in [0.3, 0.4) is 0 Å². The molecule has 6 atom stereocenters. The SMILES string of the molecule is CCC(CC(C)(CC(C)c1ccccc1)C(=O)OCCOC(=O)C(C)(C)C(CC(CC(C)c1ccc(CCl)cc1)c1ccccc1)c1ccc(CCl)cc1)c1ccc(CCl)cc1. The molecule has 0 saturated carbocycles. The molecule has 0 amide bonds. The van der Waals surface area contributed by atoms with E-state index in [1.807, 2.05) is 57.2 Å². The van der Waals surface area contributed by atoms with Crippen LogP contribution in [0.25, 0.3) is 0 Å². The number of halogens is 3. The normalized spacial score (nSPS) is 15.1. The van der Waals surface area contributed by atoms with E-state index in [2.05, 4.69) is 118 Å². The fraction of sp³-hybridized carbons (Fsp3) is 0.418. The number of benzene rings is 5. The Morgan fingerprint density at radius 2 is 0.919 bits per heavy atom. The Balaban J connectivity index is 1.33. The quantitative estimate of drug-likeness (QED) is 0.0372. The minimum absolute atomic E-state index is 0.0288. The number of carbonyl (C=O) groups is 2. The van der Waals surface area contributed by atoms with Gasteiger partial charge in [-0.25, -0.2) is 0 Å². The number of ether oxygens (including phenoxy) is 2. The summed E-state index contributed by atoms with van der Waals surface area (Å²) in [5, 5.41) is 0. The van der Waals surface area contributed by atoms with Gasteiger partial charge in [-0.3, -0.25) is 9.59 Å². The number of hydrogen-bond acceptors (Lipinski definition) is 4. The second kappa shape index (κ2) is 23.6. The second-order valence-corrected chi connectivity index (χ2v) is 18.8. The Labute approximate surface area is 386 Å². The van der Waals surface area contributed by atoms with Crippen molar-refractivity contribution in [2.75, 3.05) is 13.2 Å². The van der Waals surface area contributed by atoms with E-state index in [1.165, 1.54) is 22.3 Å². The van der Waals surface area contributed by atoms with Crippen molar-refractivity contribution in [3.63, 3.8) is 0 Å². The fourth-order valence-electron chi connectivity index (χ4n) is 9.08. The van der Waals surface area contributed by atoms with Crippen LogP contribution >= 0.6 is 34.8 Å². The van der Waals surface area contributed by atoms with Gasteiger partial charge in [0.2, 0.25) is 0 Å². The molecule has 0 aliphatic rings. The van der Waals surface area contributed by atoms with Crippen LogP contribution in [0.4, 0.5) is 0 Å². The summed E-state index contributed by atoms with van der Waals surface area (Å²) >= 11 is 18.4. The van der Waals surface area contributed by atoms with Gasteiger partial charge in [0, 0.05) is 23.6 Å². The second-order valence-electron chi connectivity index (χ2n) is 18.0. The van der Waals surface area contributed by atoms with E-state index < -0.39 is 10.8 Å². The first-order chi connectivity index (χ1) is 29.8. The van der Waals surface area contributed by atoms with Gasteiger partial charge in [-0.15, -0.1) is 34.8 Å². The van der Waals surface area contributed by atoms with Crippen LogP contribution in [0.2, 0.25) is 0 Å². The molecular weight excluding hydrogens is 831 g/mol. The van der Waals surface area contributed by atoms with Gasteiger partial charge in [-0.2, -0.15) is 0 Å². The van der Waals surface area contributed by atoms with E-state index in [1.54, 1.807) is 0 Å². The molecule has 0 fully saturated rings. The van der Waals surface area contributed by atoms with E-state index >= 15 is 0 Å². The molecule has 0 bridgehead atoms. The molecule has 0 saturated heterocycles. The number of carbonyl (C=O) groups excluding carboxylic acids is 2. The molecule has 0 aliphatic carbocycles. The Morgan fingerprint density at radius 3 is 1.40 bits per heavy atom. The van der Waals surface area contributed by atoms with Gasteiger partial charge < -0.3 is 9.47 Å². The standard InChI is InChI=1S/C55H65Cl3O4/c1-7-44(48-26-20-42(37-57)21-27-48)35-55(6,34-40(3)45-14-10-8-11-15-45)53(60)62-31-30-61-52(59)54(4,5)51(49-28-22-43(38-58)23-29-49)33-50(47-16-12-9-13-17-47)32-39(2)46-24-18-41(36-56)19-25-46/h8-29,39-40,44,50-51H,7,30-38H2,1-6H3. The lowest BCUT2D eigenvalue weighted by Gasteiger charge is -2.36. The summed E-state index contributed by atoms with van der Waals surface area (Å²) in [6.45, 7) is 12.5. The summed E-state index contributed by atoms with van der Waals surface area (Å²) in [5.41, 5.74) is 7.37. The third-order valence-corrected chi connectivity index (χ3v) is 14.0. The number of hydrogen-bond donors (Lipinski definition) is 0. The Kier molecular flexibility index (Phi) is 18.6. The molecule has 0 radical (unpaired) electrons. The summed E-state index contributed by atoms with van der Waals surface area (Å²) in [5.74, 6) is 1.23. The summed E-state index contributed by atoms with van der Waals surface area (Å²) in [4.78, 5) is 28.6. The Bertz CT molecular complexity index is 2100. The van der Waals surface area contributed by atoms with E-state index in [9.17, 15) is 9.59 Å². The molecule has 7 heteroatoms. The molecule has 4 nitrogen and oxygen atoms in total. The zero-order valence-electron chi connectivity index (χ0n) is 37.4. The zero-order chi connectivity index (χ0) is 44.7. The van der Waals surface area contributed by atoms with Crippen LogP contribution in [0.1, 0.15) is 148 Å². The van der Waals surface area contributed by atoms with Crippen molar-refractivity contribution in [3.05, 3.63) is 178 Å². The molecule has 0 spiro atoms. The highest BCUT2D eigenvalue weighted by molar-refractivity contribution is 6.17. The molecule has 5 aromatic rings. The minimum Gasteiger partial charge on any atom is -0.462 e. The molecule has 5 aromatic carbocycles. The van der Waals surface area contributed by atoms with Gasteiger partial charge in [0.25, 0.3) is 0 Å². The Morgan fingerprint density at radius 1 is 0.500 bits per heavy atom. The highest BCUT2D eigenvalue weighted by atomic mass is 35.5. The molecule has 6 unspecified atom stereocenters. The van der Waals surface area contributed by atoms with Gasteiger partial charge in [-0.05, 0) is 121 Å². The average Bonchev–Trinajstić information content (AvgIpc) is 3.31. The van der Waals surface area contributed by atoms with Gasteiger partial charge >= 0.3 is 11.9 Å². The van der Waals surface area contributed by atoms with Crippen molar-refractivity contribution in [2.45, 2.75) is 121 Å². The van der Waals surface area contributed by atoms with Crippen LogP contribution in [0.5, 0.6) is 0 Å². The van der Waals surface area contributed by atoms with E-state index in [-0.39, 0.29) is 54.7 Å². The van der Waals surface area contributed by atoms with Crippen molar-refractivity contribution >= 4 is 46.7 Å². The first kappa shape index (κ1) is 48.9. The molecule has 0 heterocycles. The summed E-state index contributed by atoms with van der Waals surface area (Å²) < 4.78 is 12.1. The predicted octanol–water partition coefficient (Wildman–Crippen LogP) is 15.3. The summed E-state index contributed by atoms with van der Waals surface area (Å²) in [7, 11) is 0. The zero-order valence-corrected chi connectivity index (χ0v) is 39.7.